The molecule has 1 aliphatic rings. The largest absolute Gasteiger partial charge is 0.479 e. The van der Waals surface area contributed by atoms with Crippen LogP contribution in [0, 0.1) is 0 Å². The van der Waals surface area contributed by atoms with Crippen LogP contribution >= 0.6 is 0 Å². The van der Waals surface area contributed by atoms with Gasteiger partial charge in [0.25, 0.3) is 0 Å². The van der Waals surface area contributed by atoms with Gasteiger partial charge in [0, 0.05) is 24.4 Å². The Morgan fingerprint density at radius 1 is 1.00 bits per heavy atom. The molecule has 6 nitrogen and oxygen atoms in total. The lowest BCUT2D eigenvalue weighted by molar-refractivity contribution is -0.187. The van der Waals surface area contributed by atoms with Crippen LogP contribution in [0.25, 0.3) is 11.1 Å². The number of nitrogens with zero attached hydrogens (tertiary/aromatic N) is 2. The van der Waals surface area contributed by atoms with Crippen molar-refractivity contribution in [2.24, 2.45) is 0 Å². The van der Waals surface area contributed by atoms with Crippen LogP contribution in [0.5, 0.6) is 0 Å². The first-order chi connectivity index (χ1) is 14.4. The molecule has 0 amide bonds. The van der Waals surface area contributed by atoms with Crippen molar-refractivity contribution in [3.63, 3.8) is 0 Å². The molecule has 1 saturated heterocycles. The molecule has 0 unspecified atom stereocenters. The smallest absolute Gasteiger partial charge is 0.343 e. The van der Waals surface area contributed by atoms with Gasteiger partial charge in [-0.25, -0.2) is 14.8 Å². The topological polar surface area (TPSA) is 81.5 Å². The Morgan fingerprint density at radius 3 is 2.20 bits per heavy atom. The lowest BCUT2D eigenvalue weighted by Gasteiger charge is -2.25. The van der Waals surface area contributed by atoms with Crippen LogP contribution in [0.1, 0.15) is 70.7 Å². The number of aromatic nitrogens is 2. The number of carboxylic acids is 1. The highest BCUT2D eigenvalue weighted by atomic mass is 16.8. The molecule has 0 saturated carbocycles. The monoisotopic (exact) mass is 412 g/mol. The van der Waals surface area contributed by atoms with Gasteiger partial charge in [0.05, 0.1) is 6.61 Å². The number of unbranched alkanes of at least 4 members (excludes halogenated alkanes) is 5. The van der Waals surface area contributed by atoms with E-state index in [1.54, 1.807) is 26.0 Å². The molecule has 1 N–H and O–H groups in total. The second-order valence-corrected chi connectivity index (χ2v) is 8.41. The predicted molar refractivity (Wildman–Crippen MR) is 115 cm³/mol. The molecule has 2 heterocycles. The minimum Gasteiger partial charge on any atom is -0.479 e. The van der Waals surface area contributed by atoms with E-state index >= 15 is 0 Å². The highest BCUT2D eigenvalue weighted by Crippen LogP contribution is 2.39. The number of carbonyl (C=O) groups is 1. The van der Waals surface area contributed by atoms with Crippen molar-refractivity contribution in [1.29, 1.82) is 0 Å². The van der Waals surface area contributed by atoms with E-state index in [1.165, 1.54) is 32.1 Å². The fourth-order valence-corrected chi connectivity index (χ4v) is 3.75. The summed E-state index contributed by atoms with van der Waals surface area (Å²) < 4.78 is 11.3. The predicted octanol–water partition coefficient (Wildman–Crippen LogP) is 5.11. The fraction of sp³-hybridized carbons (Fsp3) is 0.542. The zero-order chi connectivity index (χ0) is 21.6. The molecule has 1 atom stereocenters. The first-order valence-corrected chi connectivity index (χ1v) is 10.9. The summed E-state index contributed by atoms with van der Waals surface area (Å²) in [5.41, 5.74) is 0.912. The summed E-state index contributed by atoms with van der Waals surface area (Å²) in [6.45, 7) is 5.64. The summed E-state index contributed by atoms with van der Waals surface area (Å²) in [6, 6.07) is 7.30. The standard InChI is InChI=1S/C24H32N2O4/c1-4-5-6-7-8-9-10-21-25-15-19(16-26-21)18-11-13-20(14-12-18)24(22(27)28)17-29-23(2,3)30-24/h11-16H,4-10,17H2,1-3H3,(H,27,28)/t24-/m0/s1. The lowest BCUT2D eigenvalue weighted by Crippen LogP contribution is -2.39. The van der Waals surface area contributed by atoms with Gasteiger partial charge in [0.2, 0.25) is 5.60 Å². The van der Waals surface area contributed by atoms with Crippen molar-refractivity contribution in [1.82, 2.24) is 9.97 Å². The molecule has 1 aromatic heterocycles. The maximum Gasteiger partial charge on any atom is 0.343 e. The van der Waals surface area contributed by atoms with Crippen LogP contribution in [-0.2, 0) is 26.3 Å². The normalized spacial score (nSPS) is 20.4. The molecule has 1 aromatic carbocycles. The Hall–Kier alpha value is -2.31. The third-order valence-corrected chi connectivity index (χ3v) is 5.53. The number of hydrogen-bond donors (Lipinski definition) is 1. The van der Waals surface area contributed by atoms with Crippen LogP contribution in [0.3, 0.4) is 0 Å². The molecule has 1 fully saturated rings. The second-order valence-electron chi connectivity index (χ2n) is 8.41. The van der Waals surface area contributed by atoms with E-state index in [0.29, 0.717) is 5.56 Å². The van der Waals surface area contributed by atoms with Gasteiger partial charge in [-0.3, -0.25) is 0 Å². The maximum atomic E-state index is 11.9. The number of aryl methyl sites for hydroxylation is 1. The first kappa shape index (κ1) is 22.4. The molecule has 1 aliphatic heterocycles. The number of hydrogen-bond acceptors (Lipinski definition) is 5. The molecular formula is C24H32N2O4. The molecule has 0 radical (unpaired) electrons. The molecule has 30 heavy (non-hydrogen) atoms. The molecule has 0 bridgehead atoms. The van der Waals surface area contributed by atoms with E-state index in [0.717, 1.165) is 29.8 Å². The van der Waals surface area contributed by atoms with Gasteiger partial charge in [0.15, 0.2) is 5.79 Å². The van der Waals surface area contributed by atoms with Crippen LogP contribution < -0.4 is 0 Å². The zero-order valence-corrected chi connectivity index (χ0v) is 18.2. The van der Waals surface area contributed by atoms with Gasteiger partial charge in [-0.05, 0) is 31.4 Å². The third kappa shape index (κ3) is 5.24. The average Bonchev–Trinajstić information content (AvgIpc) is 3.08. The highest BCUT2D eigenvalue weighted by Gasteiger charge is 2.52. The van der Waals surface area contributed by atoms with Crippen molar-refractivity contribution >= 4 is 5.97 Å². The van der Waals surface area contributed by atoms with Crippen LogP contribution in [0.15, 0.2) is 36.7 Å². The molecular weight excluding hydrogens is 380 g/mol. The van der Waals surface area contributed by atoms with Crippen LogP contribution in [-0.4, -0.2) is 33.4 Å². The average molecular weight is 413 g/mol. The second kappa shape index (κ2) is 9.67. The maximum absolute atomic E-state index is 11.9. The van der Waals surface area contributed by atoms with Gasteiger partial charge in [0.1, 0.15) is 5.82 Å². The molecule has 2 aromatic rings. The van der Waals surface area contributed by atoms with Gasteiger partial charge in [-0.15, -0.1) is 0 Å². The van der Waals surface area contributed by atoms with Gasteiger partial charge in [-0.1, -0.05) is 63.3 Å². The molecule has 0 aliphatic carbocycles. The zero-order valence-electron chi connectivity index (χ0n) is 18.2. The Bertz CT molecular complexity index is 833. The molecule has 6 heteroatoms. The molecule has 3 rings (SSSR count). The van der Waals surface area contributed by atoms with Crippen LogP contribution in [0.4, 0.5) is 0 Å². The van der Waals surface area contributed by atoms with E-state index in [4.69, 9.17) is 9.47 Å². The Morgan fingerprint density at radius 2 is 1.63 bits per heavy atom. The Kier molecular flexibility index (Phi) is 7.21. The van der Waals surface area contributed by atoms with Crippen molar-refractivity contribution in [2.45, 2.75) is 77.1 Å². The van der Waals surface area contributed by atoms with Crippen molar-refractivity contribution < 1.29 is 19.4 Å². The number of rotatable bonds is 10. The minimum atomic E-state index is -1.49. The summed E-state index contributed by atoms with van der Waals surface area (Å²) in [4.78, 5) is 20.9. The fourth-order valence-electron chi connectivity index (χ4n) is 3.75. The van der Waals surface area contributed by atoms with E-state index in [2.05, 4.69) is 16.9 Å². The summed E-state index contributed by atoms with van der Waals surface area (Å²) in [5.74, 6) is -1.12. The van der Waals surface area contributed by atoms with Gasteiger partial charge in [-0.2, -0.15) is 0 Å². The Balaban J connectivity index is 1.63. The van der Waals surface area contributed by atoms with E-state index in [-0.39, 0.29) is 6.61 Å². The van der Waals surface area contributed by atoms with E-state index < -0.39 is 17.4 Å². The van der Waals surface area contributed by atoms with Crippen LogP contribution in [0.2, 0.25) is 0 Å². The number of aliphatic carboxylic acids is 1. The summed E-state index contributed by atoms with van der Waals surface area (Å²) >= 11 is 0. The van der Waals surface area contributed by atoms with Gasteiger partial charge < -0.3 is 14.6 Å². The number of carboxylic acid groups (broad SMARTS) is 1. The highest BCUT2D eigenvalue weighted by molar-refractivity contribution is 5.80. The Labute approximate surface area is 178 Å². The van der Waals surface area contributed by atoms with E-state index in [1.807, 2.05) is 24.5 Å². The van der Waals surface area contributed by atoms with Crippen molar-refractivity contribution in [3.8, 4) is 11.1 Å². The quantitative estimate of drug-likeness (QED) is 0.546. The SMILES string of the molecule is CCCCCCCCc1ncc(-c2ccc([C@]3(C(=O)O)COC(C)(C)O3)cc2)cn1. The van der Waals surface area contributed by atoms with Gasteiger partial charge >= 0.3 is 5.97 Å². The summed E-state index contributed by atoms with van der Waals surface area (Å²) in [6.07, 6.45) is 12.1. The lowest BCUT2D eigenvalue weighted by atomic mass is 9.93. The third-order valence-electron chi connectivity index (χ3n) is 5.53. The van der Waals surface area contributed by atoms with Crippen molar-refractivity contribution in [2.75, 3.05) is 6.61 Å². The first-order valence-electron chi connectivity index (χ1n) is 10.9. The van der Waals surface area contributed by atoms with Crippen molar-refractivity contribution in [3.05, 3.63) is 48.0 Å². The number of benzene rings is 1. The molecule has 0 spiro atoms. The minimum absolute atomic E-state index is 0.0229. The summed E-state index contributed by atoms with van der Waals surface area (Å²) in [7, 11) is 0. The summed E-state index contributed by atoms with van der Waals surface area (Å²) in [5, 5.41) is 9.77. The number of ether oxygens (including phenoxy) is 2. The molecule has 162 valence electrons. The van der Waals surface area contributed by atoms with E-state index in [9.17, 15) is 9.90 Å².